The summed E-state index contributed by atoms with van der Waals surface area (Å²) >= 11 is 0. The van der Waals surface area contributed by atoms with Crippen molar-refractivity contribution in [1.82, 2.24) is 10.2 Å². The van der Waals surface area contributed by atoms with Gasteiger partial charge in [0.2, 0.25) is 5.91 Å². The van der Waals surface area contributed by atoms with Gasteiger partial charge in [-0.2, -0.15) is 18.3 Å². The van der Waals surface area contributed by atoms with Crippen LogP contribution in [0.2, 0.25) is 0 Å². The molecule has 0 aliphatic rings. The predicted octanol–water partition coefficient (Wildman–Crippen LogP) is 0.523. The number of carbonyl (C=O) groups is 1. The average Bonchev–Trinajstić information content (AvgIpc) is 2.02. The summed E-state index contributed by atoms with van der Waals surface area (Å²) in [5.41, 5.74) is 3.84. The number of primary amides is 1. The summed E-state index contributed by atoms with van der Waals surface area (Å²) in [5, 5.41) is 6.13. The van der Waals surface area contributed by atoms with Crippen LogP contribution in [0.3, 0.4) is 0 Å². The molecule has 0 aromatic carbocycles. The van der Waals surface area contributed by atoms with Crippen LogP contribution < -0.4 is 5.73 Å². The van der Waals surface area contributed by atoms with Crippen LogP contribution >= 0.6 is 0 Å². The number of halogens is 3. The van der Waals surface area contributed by atoms with Crippen LogP contribution in [0.25, 0.3) is 0 Å². The van der Waals surface area contributed by atoms with Gasteiger partial charge in [-0.1, -0.05) is 0 Å². The monoisotopic (exact) mass is 205 g/mol. The first kappa shape index (κ1) is 10.4. The van der Waals surface area contributed by atoms with Crippen molar-refractivity contribution in [3.05, 3.63) is 23.5 Å². The molecule has 0 radical (unpaired) electrons. The van der Waals surface area contributed by atoms with E-state index in [4.69, 9.17) is 5.73 Å². The predicted molar refractivity (Wildman–Crippen MR) is 39.9 cm³/mol. The highest BCUT2D eigenvalue weighted by atomic mass is 19.4. The number of rotatable bonds is 2. The maximum atomic E-state index is 12.0. The maximum Gasteiger partial charge on any atom is 0.435 e. The zero-order chi connectivity index (χ0) is 10.8. The van der Waals surface area contributed by atoms with Gasteiger partial charge in [0.25, 0.3) is 0 Å². The van der Waals surface area contributed by atoms with Crippen LogP contribution in [-0.2, 0) is 17.4 Å². The Morgan fingerprint density at radius 1 is 1.36 bits per heavy atom. The molecule has 1 amide bonds. The lowest BCUT2D eigenvalue weighted by Crippen LogP contribution is -2.16. The fraction of sp³-hybridized carbons (Fsp3) is 0.286. The van der Waals surface area contributed by atoms with Crippen LogP contribution in [-0.4, -0.2) is 16.1 Å². The minimum Gasteiger partial charge on any atom is -0.369 e. The molecule has 14 heavy (non-hydrogen) atoms. The first-order valence-corrected chi connectivity index (χ1v) is 3.57. The van der Waals surface area contributed by atoms with Gasteiger partial charge in [-0.25, -0.2) is 0 Å². The SMILES string of the molecule is NC(=O)Cc1ccc(C(F)(F)F)nn1. The molecular weight excluding hydrogens is 199 g/mol. The van der Waals surface area contributed by atoms with Crippen molar-refractivity contribution in [2.24, 2.45) is 5.73 Å². The van der Waals surface area contributed by atoms with Gasteiger partial charge in [0, 0.05) is 0 Å². The van der Waals surface area contributed by atoms with Crippen LogP contribution in [0.4, 0.5) is 13.2 Å². The number of nitrogens with two attached hydrogens (primary N) is 1. The second-order valence-corrected chi connectivity index (χ2v) is 2.55. The third-order valence-electron chi connectivity index (χ3n) is 1.37. The lowest BCUT2D eigenvalue weighted by molar-refractivity contribution is -0.141. The van der Waals surface area contributed by atoms with Crippen molar-refractivity contribution in [2.75, 3.05) is 0 Å². The molecule has 1 aromatic rings. The fourth-order valence-corrected chi connectivity index (χ4v) is 0.784. The maximum absolute atomic E-state index is 12.0. The normalized spacial score (nSPS) is 11.4. The van der Waals surface area contributed by atoms with Crippen LogP contribution in [0.1, 0.15) is 11.4 Å². The second-order valence-electron chi connectivity index (χ2n) is 2.55. The van der Waals surface area contributed by atoms with Gasteiger partial charge >= 0.3 is 6.18 Å². The van der Waals surface area contributed by atoms with E-state index in [-0.39, 0.29) is 12.1 Å². The van der Waals surface area contributed by atoms with E-state index in [0.717, 1.165) is 12.1 Å². The molecule has 0 saturated heterocycles. The minimum atomic E-state index is -4.52. The lowest BCUT2D eigenvalue weighted by Gasteiger charge is -2.04. The lowest BCUT2D eigenvalue weighted by atomic mass is 10.2. The first-order valence-electron chi connectivity index (χ1n) is 3.57. The molecule has 0 unspecified atom stereocenters. The van der Waals surface area contributed by atoms with E-state index < -0.39 is 17.8 Å². The summed E-state index contributed by atoms with van der Waals surface area (Å²) in [4.78, 5) is 10.4. The summed E-state index contributed by atoms with van der Waals surface area (Å²) in [5.74, 6) is -0.668. The topological polar surface area (TPSA) is 68.9 Å². The Morgan fingerprint density at radius 3 is 2.36 bits per heavy atom. The molecule has 7 heteroatoms. The molecule has 1 rings (SSSR count). The molecule has 1 aromatic heterocycles. The summed E-state index contributed by atoms with van der Waals surface area (Å²) in [6.07, 6.45) is -4.73. The molecule has 76 valence electrons. The Bertz CT molecular complexity index is 333. The molecule has 0 bridgehead atoms. The van der Waals surface area contributed by atoms with E-state index in [2.05, 4.69) is 10.2 Å². The van der Waals surface area contributed by atoms with Crippen molar-refractivity contribution in [1.29, 1.82) is 0 Å². The highest BCUT2D eigenvalue weighted by molar-refractivity contribution is 5.75. The standard InChI is InChI=1S/C7H6F3N3O/c8-7(9,10)5-2-1-4(12-13-5)3-6(11)14/h1-2H,3H2,(H2,11,14). The van der Waals surface area contributed by atoms with Crippen LogP contribution in [0, 0.1) is 0 Å². The van der Waals surface area contributed by atoms with Crippen LogP contribution in [0.15, 0.2) is 12.1 Å². The quantitative estimate of drug-likeness (QED) is 0.765. The molecule has 0 atom stereocenters. The molecule has 1 heterocycles. The number of alkyl halides is 3. The van der Waals surface area contributed by atoms with Gasteiger partial charge < -0.3 is 5.73 Å². The first-order chi connectivity index (χ1) is 6.39. The smallest absolute Gasteiger partial charge is 0.369 e. The second kappa shape index (κ2) is 3.60. The molecule has 0 aliphatic carbocycles. The van der Waals surface area contributed by atoms with Gasteiger partial charge in [0.15, 0.2) is 5.69 Å². The highest BCUT2D eigenvalue weighted by Gasteiger charge is 2.32. The van der Waals surface area contributed by atoms with Crippen molar-refractivity contribution >= 4 is 5.91 Å². The summed E-state index contributed by atoms with van der Waals surface area (Å²) < 4.78 is 36.0. The van der Waals surface area contributed by atoms with E-state index in [1.165, 1.54) is 0 Å². The molecule has 0 fully saturated rings. The fourth-order valence-electron chi connectivity index (χ4n) is 0.784. The number of amides is 1. The van der Waals surface area contributed by atoms with E-state index in [1.54, 1.807) is 0 Å². The van der Waals surface area contributed by atoms with Gasteiger partial charge in [-0.15, -0.1) is 5.10 Å². The number of aromatic nitrogens is 2. The Balaban J connectivity index is 2.84. The number of carbonyl (C=O) groups excluding carboxylic acids is 1. The zero-order valence-corrected chi connectivity index (χ0v) is 6.88. The van der Waals surface area contributed by atoms with Crippen LogP contribution in [0.5, 0.6) is 0 Å². The zero-order valence-electron chi connectivity index (χ0n) is 6.88. The average molecular weight is 205 g/mol. The number of hydrogen-bond donors (Lipinski definition) is 1. The van der Waals surface area contributed by atoms with Gasteiger partial charge in [-0.3, -0.25) is 4.79 Å². The minimum absolute atomic E-state index is 0.116. The molecule has 0 aliphatic heterocycles. The Morgan fingerprint density at radius 2 is 2.00 bits per heavy atom. The molecule has 4 nitrogen and oxygen atoms in total. The summed E-state index contributed by atoms with van der Waals surface area (Å²) in [7, 11) is 0. The third-order valence-corrected chi connectivity index (χ3v) is 1.37. The van der Waals surface area contributed by atoms with Gasteiger partial charge in [0.1, 0.15) is 0 Å². The van der Waals surface area contributed by atoms with Gasteiger partial charge in [0.05, 0.1) is 12.1 Å². The Hall–Kier alpha value is -1.66. The van der Waals surface area contributed by atoms with Crippen molar-refractivity contribution in [2.45, 2.75) is 12.6 Å². The number of nitrogens with zero attached hydrogens (tertiary/aromatic N) is 2. The van der Waals surface area contributed by atoms with Gasteiger partial charge in [-0.05, 0) is 12.1 Å². The molecule has 0 saturated carbocycles. The highest BCUT2D eigenvalue weighted by Crippen LogP contribution is 2.26. The van der Waals surface area contributed by atoms with E-state index in [1.807, 2.05) is 0 Å². The van der Waals surface area contributed by atoms with Crippen molar-refractivity contribution in [3.63, 3.8) is 0 Å². The van der Waals surface area contributed by atoms with E-state index >= 15 is 0 Å². The van der Waals surface area contributed by atoms with E-state index in [0.29, 0.717) is 0 Å². The summed E-state index contributed by atoms with van der Waals surface area (Å²) in [6, 6.07) is 1.83. The Kier molecular flexibility index (Phi) is 2.68. The molecule has 0 spiro atoms. The summed E-state index contributed by atoms with van der Waals surface area (Å²) in [6.45, 7) is 0. The third kappa shape index (κ3) is 2.68. The Labute approximate surface area is 76.9 Å². The van der Waals surface area contributed by atoms with E-state index in [9.17, 15) is 18.0 Å². The number of hydrogen-bond acceptors (Lipinski definition) is 3. The van der Waals surface area contributed by atoms with Crippen molar-refractivity contribution in [3.8, 4) is 0 Å². The van der Waals surface area contributed by atoms with Crippen molar-refractivity contribution < 1.29 is 18.0 Å². The largest absolute Gasteiger partial charge is 0.435 e. The molecular formula is C7H6F3N3O. The molecule has 2 N–H and O–H groups in total.